The molecule has 132 valence electrons. The Labute approximate surface area is 152 Å². The summed E-state index contributed by atoms with van der Waals surface area (Å²) in [6, 6.07) is 21.1. The third kappa shape index (κ3) is 5.04. The summed E-state index contributed by atoms with van der Waals surface area (Å²) in [5.41, 5.74) is 2.00. The second-order valence-electron chi connectivity index (χ2n) is 5.63. The summed E-state index contributed by atoms with van der Waals surface area (Å²) in [7, 11) is 0. The third-order valence-electron chi connectivity index (χ3n) is 3.63. The molecule has 0 fully saturated rings. The highest BCUT2D eigenvalue weighted by atomic mass is 16.5. The Morgan fingerprint density at radius 2 is 1.62 bits per heavy atom. The highest BCUT2D eigenvalue weighted by Gasteiger charge is 2.02. The number of nitrogens with one attached hydrogen (secondary N) is 2. The van der Waals surface area contributed by atoms with E-state index in [2.05, 4.69) is 20.8 Å². The molecule has 1 amide bonds. The lowest BCUT2D eigenvalue weighted by Gasteiger charge is -2.09. The van der Waals surface area contributed by atoms with E-state index < -0.39 is 0 Å². The Hall–Kier alpha value is -3.41. The van der Waals surface area contributed by atoms with Crippen molar-refractivity contribution in [1.29, 1.82) is 0 Å². The van der Waals surface area contributed by atoms with Crippen LogP contribution < -0.4 is 15.4 Å². The van der Waals surface area contributed by atoms with Crippen molar-refractivity contribution < 1.29 is 9.53 Å². The van der Waals surface area contributed by atoms with Gasteiger partial charge in [0, 0.05) is 12.1 Å². The van der Waals surface area contributed by atoms with E-state index in [-0.39, 0.29) is 5.91 Å². The largest absolute Gasteiger partial charge is 0.489 e. The van der Waals surface area contributed by atoms with Crippen molar-refractivity contribution in [3.8, 4) is 5.75 Å². The van der Waals surface area contributed by atoms with Crippen LogP contribution in [0.25, 0.3) is 0 Å². The topological polar surface area (TPSA) is 76.1 Å². The molecule has 0 spiro atoms. The van der Waals surface area contributed by atoms with E-state index in [9.17, 15) is 4.79 Å². The summed E-state index contributed by atoms with van der Waals surface area (Å²) >= 11 is 0. The van der Waals surface area contributed by atoms with Crippen LogP contribution in [0.1, 0.15) is 18.9 Å². The van der Waals surface area contributed by atoms with Crippen LogP contribution in [0, 0.1) is 0 Å². The van der Waals surface area contributed by atoms with Gasteiger partial charge in [0.05, 0.1) is 0 Å². The number of hydrogen-bond donors (Lipinski definition) is 2. The second kappa shape index (κ2) is 8.62. The maximum absolute atomic E-state index is 11.3. The van der Waals surface area contributed by atoms with Crippen molar-refractivity contribution in [2.45, 2.75) is 20.0 Å². The van der Waals surface area contributed by atoms with Gasteiger partial charge in [-0.15, -0.1) is 10.2 Å². The molecule has 2 N–H and O–H groups in total. The van der Waals surface area contributed by atoms with E-state index in [1.165, 1.54) is 0 Å². The van der Waals surface area contributed by atoms with Crippen LogP contribution >= 0.6 is 0 Å². The molecule has 0 aliphatic heterocycles. The highest BCUT2D eigenvalue weighted by molar-refractivity contribution is 5.89. The Morgan fingerprint density at radius 3 is 2.27 bits per heavy atom. The van der Waals surface area contributed by atoms with Gasteiger partial charge in [-0.2, -0.15) is 0 Å². The summed E-state index contributed by atoms with van der Waals surface area (Å²) in [6.07, 6.45) is 0.403. The summed E-state index contributed by atoms with van der Waals surface area (Å²) in [5, 5.41) is 13.8. The minimum Gasteiger partial charge on any atom is -0.489 e. The number of ether oxygens (including phenoxy) is 1. The van der Waals surface area contributed by atoms with Crippen molar-refractivity contribution in [1.82, 2.24) is 10.2 Å². The van der Waals surface area contributed by atoms with Crippen molar-refractivity contribution in [2.75, 3.05) is 10.6 Å². The average Bonchev–Trinajstić information content (AvgIpc) is 2.69. The Bertz CT molecular complexity index is 834. The Balaban J connectivity index is 1.54. The molecule has 6 heteroatoms. The number of carbonyl (C=O) groups excluding carboxylic acids is 1. The molecule has 6 nitrogen and oxygen atoms in total. The lowest BCUT2D eigenvalue weighted by Crippen LogP contribution is -2.11. The first kappa shape index (κ1) is 17.4. The quantitative estimate of drug-likeness (QED) is 0.671. The molecule has 0 saturated carbocycles. The second-order valence-corrected chi connectivity index (χ2v) is 5.63. The predicted molar refractivity (Wildman–Crippen MR) is 101 cm³/mol. The number of hydrogen-bond acceptors (Lipinski definition) is 5. The highest BCUT2D eigenvalue weighted by Crippen LogP contribution is 2.20. The summed E-state index contributed by atoms with van der Waals surface area (Å²) in [6.45, 7) is 2.32. The number of nitrogens with zero attached hydrogens (tertiary/aromatic N) is 2. The third-order valence-corrected chi connectivity index (χ3v) is 3.63. The van der Waals surface area contributed by atoms with Gasteiger partial charge < -0.3 is 15.4 Å². The van der Waals surface area contributed by atoms with Crippen molar-refractivity contribution in [2.24, 2.45) is 0 Å². The number of aromatic nitrogens is 2. The first-order valence-electron chi connectivity index (χ1n) is 8.40. The number of rotatable bonds is 7. The minimum atomic E-state index is -0.0916. The maximum Gasteiger partial charge on any atom is 0.225 e. The van der Waals surface area contributed by atoms with Crippen molar-refractivity contribution in [3.63, 3.8) is 0 Å². The number of carbonyl (C=O) groups is 1. The van der Waals surface area contributed by atoms with E-state index >= 15 is 0 Å². The molecule has 3 rings (SSSR count). The van der Waals surface area contributed by atoms with Gasteiger partial charge in [0.15, 0.2) is 11.6 Å². The van der Waals surface area contributed by atoms with Gasteiger partial charge in [0.2, 0.25) is 5.91 Å². The molecule has 0 aliphatic carbocycles. The van der Waals surface area contributed by atoms with E-state index in [4.69, 9.17) is 4.74 Å². The van der Waals surface area contributed by atoms with E-state index in [0.717, 1.165) is 17.0 Å². The zero-order chi connectivity index (χ0) is 18.2. The average molecular weight is 348 g/mol. The van der Waals surface area contributed by atoms with E-state index in [1.807, 2.05) is 54.6 Å². The van der Waals surface area contributed by atoms with Gasteiger partial charge in [-0.05, 0) is 42.0 Å². The number of benzene rings is 2. The SMILES string of the molecule is CCC(=O)Nc1ccc(Nc2ccc(OCc3ccccc3)cc2)nn1. The molecular formula is C20H20N4O2. The van der Waals surface area contributed by atoms with Crippen LogP contribution in [0.2, 0.25) is 0 Å². The molecule has 0 radical (unpaired) electrons. The van der Waals surface area contributed by atoms with Crippen LogP contribution in [0.15, 0.2) is 66.7 Å². The van der Waals surface area contributed by atoms with Crippen LogP contribution in [0.4, 0.5) is 17.3 Å². The predicted octanol–water partition coefficient (Wildman–Crippen LogP) is 4.15. The molecule has 0 unspecified atom stereocenters. The molecule has 1 heterocycles. The first-order chi connectivity index (χ1) is 12.7. The van der Waals surface area contributed by atoms with Gasteiger partial charge in [0.25, 0.3) is 0 Å². The molecular weight excluding hydrogens is 328 g/mol. The monoisotopic (exact) mass is 348 g/mol. The van der Waals surface area contributed by atoms with Crippen LogP contribution in [0.3, 0.4) is 0 Å². The summed E-state index contributed by atoms with van der Waals surface area (Å²) in [5.74, 6) is 1.73. The van der Waals surface area contributed by atoms with Gasteiger partial charge in [0.1, 0.15) is 12.4 Å². The van der Waals surface area contributed by atoms with Gasteiger partial charge in [-0.25, -0.2) is 0 Å². The smallest absolute Gasteiger partial charge is 0.225 e. The van der Waals surface area contributed by atoms with E-state index in [0.29, 0.717) is 24.7 Å². The lowest BCUT2D eigenvalue weighted by atomic mass is 10.2. The number of anilines is 3. The molecule has 0 bridgehead atoms. The number of amides is 1. The molecule has 0 atom stereocenters. The molecule has 2 aromatic carbocycles. The van der Waals surface area contributed by atoms with Gasteiger partial charge >= 0.3 is 0 Å². The van der Waals surface area contributed by atoms with Crippen LogP contribution in [-0.2, 0) is 11.4 Å². The zero-order valence-electron chi connectivity index (χ0n) is 14.5. The molecule has 3 aromatic rings. The Morgan fingerprint density at radius 1 is 0.923 bits per heavy atom. The fraction of sp³-hybridized carbons (Fsp3) is 0.150. The van der Waals surface area contributed by atoms with Crippen LogP contribution in [0.5, 0.6) is 5.75 Å². The minimum absolute atomic E-state index is 0.0916. The first-order valence-corrected chi connectivity index (χ1v) is 8.40. The molecule has 26 heavy (non-hydrogen) atoms. The molecule has 0 aliphatic rings. The zero-order valence-corrected chi connectivity index (χ0v) is 14.5. The van der Waals surface area contributed by atoms with Crippen LogP contribution in [-0.4, -0.2) is 16.1 Å². The van der Waals surface area contributed by atoms with E-state index in [1.54, 1.807) is 19.1 Å². The van der Waals surface area contributed by atoms with Gasteiger partial charge in [-0.1, -0.05) is 37.3 Å². The lowest BCUT2D eigenvalue weighted by molar-refractivity contribution is -0.115. The van der Waals surface area contributed by atoms with Gasteiger partial charge in [-0.3, -0.25) is 4.79 Å². The molecule has 1 aromatic heterocycles. The van der Waals surface area contributed by atoms with Crippen molar-refractivity contribution >= 4 is 23.2 Å². The van der Waals surface area contributed by atoms with Crippen molar-refractivity contribution in [3.05, 3.63) is 72.3 Å². The maximum atomic E-state index is 11.3. The fourth-order valence-corrected chi connectivity index (χ4v) is 2.22. The Kier molecular flexibility index (Phi) is 5.77. The normalized spacial score (nSPS) is 10.2. The fourth-order valence-electron chi connectivity index (χ4n) is 2.22. The standard InChI is InChI=1S/C20H20N4O2/c1-2-20(25)22-19-13-12-18(23-24-19)21-16-8-10-17(11-9-16)26-14-15-6-4-3-5-7-15/h3-13H,2,14H2,1H3,(H,21,23)(H,22,24,25). The molecule has 0 saturated heterocycles. The summed E-state index contributed by atoms with van der Waals surface area (Å²) in [4.78, 5) is 11.3. The summed E-state index contributed by atoms with van der Waals surface area (Å²) < 4.78 is 5.76.